The lowest BCUT2D eigenvalue weighted by atomic mass is 10.2. The van der Waals surface area contributed by atoms with Crippen molar-refractivity contribution in [2.24, 2.45) is 0 Å². The lowest BCUT2D eigenvalue weighted by molar-refractivity contribution is -0.116. The average Bonchev–Trinajstić information content (AvgIpc) is 3.20. The first-order valence-electron chi connectivity index (χ1n) is 9.50. The van der Waals surface area contributed by atoms with Crippen LogP contribution in [0.1, 0.15) is 25.5 Å². The van der Waals surface area contributed by atoms with Crippen molar-refractivity contribution in [3.8, 4) is 11.3 Å². The van der Waals surface area contributed by atoms with Crippen molar-refractivity contribution in [2.75, 3.05) is 10.6 Å². The maximum absolute atomic E-state index is 12.3. The van der Waals surface area contributed by atoms with Gasteiger partial charge in [0.2, 0.25) is 11.8 Å². The molecular weight excluding hydrogens is 459 g/mol. The largest absolute Gasteiger partial charge is 0.457 e. The van der Waals surface area contributed by atoms with Gasteiger partial charge in [-0.15, -0.1) is 0 Å². The Morgan fingerprint density at radius 1 is 1.00 bits per heavy atom. The van der Waals surface area contributed by atoms with Crippen molar-refractivity contribution in [1.82, 2.24) is 0 Å². The zero-order valence-corrected chi connectivity index (χ0v) is 18.8. The summed E-state index contributed by atoms with van der Waals surface area (Å²) >= 11 is 18.4. The molecule has 0 aliphatic rings. The molecule has 2 amide bonds. The number of halogens is 3. The monoisotopic (exact) mass is 476 g/mol. The molecule has 0 unspecified atom stereocenters. The van der Waals surface area contributed by atoms with Gasteiger partial charge in [0.25, 0.3) is 0 Å². The van der Waals surface area contributed by atoms with Crippen LogP contribution in [0.25, 0.3) is 17.4 Å². The Kier molecular flexibility index (Phi) is 7.80. The Labute approximate surface area is 195 Å². The molecule has 1 aromatic heterocycles. The number of carbonyl (C=O) groups excluding carboxylic acids is 2. The zero-order chi connectivity index (χ0) is 22.4. The number of nitrogens with one attached hydrogen (secondary N) is 2. The van der Waals surface area contributed by atoms with E-state index in [0.717, 1.165) is 6.42 Å². The van der Waals surface area contributed by atoms with Gasteiger partial charge in [-0.05, 0) is 55.0 Å². The summed E-state index contributed by atoms with van der Waals surface area (Å²) in [7, 11) is 0. The van der Waals surface area contributed by atoms with Crippen LogP contribution in [-0.4, -0.2) is 11.8 Å². The number of hydrogen-bond acceptors (Lipinski definition) is 3. The van der Waals surface area contributed by atoms with Crippen LogP contribution in [0.2, 0.25) is 15.1 Å². The molecule has 5 nitrogen and oxygen atoms in total. The van der Waals surface area contributed by atoms with E-state index in [0.29, 0.717) is 49.9 Å². The fourth-order valence-corrected chi connectivity index (χ4v) is 3.32. The highest BCUT2D eigenvalue weighted by Gasteiger charge is 2.11. The summed E-state index contributed by atoms with van der Waals surface area (Å²) in [6, 6.07) is 13.6. The van der Waals surface area contributed by atoms with Gasteiger partial charge in [0.05, 0.1) is 20.8 Å². The van der Waals surface area contributed by atoms with E-state index in [1.165, 1.54) is 12.2 Å². The maximum atomic E-state index is 12.3. The molecule has 0 atom stereocenters. The first kappa shape index (κ1) is 22.9. The van der Waals surface area contributed by atoms with Crippen LogP contribution in [0.5, 0.6) is 0 Å². The van der Waals surface area contributed by atoms with E-state index < -0.39 is 5.91 Å². The third-order valence-corrected chi connectivity index (χ3v) is 5.38. The van der Waals surface area contributed by atoms with Crippen molar-refractivity contribution >= 4 is 64.1 Å². The number of furan rings is 1. The third kappa shape index (κ3) is 6.14. The van der Waals surface area contributed by atoms with Crippen molar-refractivity contribution in [1.29, 1.82) is 0 Å². The molecule has 3 rings (SSSR count). The number of anilines is 2. The molecule has 8 heteroatoms. The van der Waals surface area contributed by atoms with Gasteiger partial charge < -0.3 is 15.1 Å². The van der Waals surface area contributed by atoms with Gasteiger partial charge in [0.1, 0.15) is 11.5 Å². The molecule has 0 fully saturated rings. The minimum Gasteiger partial charge on any atom is -0.457 e. The van der Waals surface area contributed by atoms with Gasteiger partial charge in [-0.3, -0.25) is 9.59 Å². The summed E-state index contributed by atoms with van der Waals surface area (Å²) in [6.45, 7) is 1.92. The van der Waals surface area contributed by atoms with Crippen molar-refractivity contribution in [2.45, 2.75) is 19.8 Å². The van der Waals surface area contributed by atoms with Crippen LogP contribution in [0.3, 0.4) is 0 Å². The van der Waals surface area contributed by atoms with E-state index in [9.17, 15) is 9.59 Å². The Morgan fingerprint density at radius 3 is 2.58 bits per heavy atom. The van der Waals surface area contributed by atoms with Crippen LogP contribution < -0.4 is 10.6 Å². The molecule has 0 radical (unpaired) electrons. The third-order valence-electron chi connectivity index (χ3n) is 4.23. The number of amides is 2. The van der Waals surface area contributed by atoms with Crippen LogP contribution in [0.4, 0.5) is 11.4 Å². The summed E-state index contributed by atoms with van der Waals surface area (Å²) < 4.78 is 5.73. The topological polar surface area (TPSA) is 71.3 Å². The van der Waals surface area contributed by atoms with E-state index in [1.54, 1.807) is 48.5 Å². The smallest absolute Gasteiger partial charge is 0.248 e. The average molecular weight is 478 g/mol. The van der Waals surface area contributed by atoms with E-state index in [1.807, 2.05) is 6.92 Å². The Hall–Kier alpha value is -2.73. The number of rotatable bonds is 7. The van der Waals surface area contributed by atoms with Gasteiger partial charge >= 0.3 is 0 Å². The summed E-state index contributed by atoms with van der Waals surface area (Å²) in [5, 5.41) is 6.63. The Balaban J connectivity index is 1.68. The Morgan fingerprint density at radius 2 is 1.81 bits per heavy atom. The standard InChI is InChI=1S/C23H19Cl3N2O3/c1-2-4-21(29)27-14-7-10-17(24)19(13-14)28-22(30)12-9-15-8-11-20(31-15)16-5-3-6-18(25)23(16)26/h3,5-13H,2,4H2,1H3,(H,27,29)(H,28,30). The second-order valence-corrected chi connectivity index (χ2v) is 7.81. The molecule has 0 bridgehead atoms. The van der Waals surface area contributed by atoms with Gasteiger partial charge in [0, 0.05) is 23.7 Å². The highest BCUT2D eigenvalue weighted by Crippen LogP contribution is 2.34. The molecule has 0 aliphatic carbocycles. The van der Waals surface area contributed by atoms with Gasteiger partial charge in [0.15, 0.2) is 0 Å². The molecule has 0 spiro atoms. The molecule has 31 heavy (non-hydrogen) atoms. The van der Waals surface area contributed by atoms with Crippen molar-refractivity contribution in [3.05, 3.63) is 75.4 Å². The number of carbonyl (C=O) groups is 2. The zero-order valence-electron chi connectivity index (χ0n) is 16.5. The second kappa shape index (κ2) is 10.5. The van der Waals surface area contributed by atoms with Gasteiger partial charge in [-0.1, -0.05) is 47.8 Å². The first-order chi connectivity index (χ1) is 14.9. The Bertz CT molecular complexity index is 1140. The molecule has 0 saturated heterocycles. The molecule has 3 aromatic rings. The fourth-order valence-electron chi connectivity index (χ4n) is 2.76. The van der Waals surface area contributed by atoms with Gasteiger partial charge in [-0.25, -0.2) is 0 Å². The highest BCUT2D eigenvalue weighted by atomic mass is 35.5. The molecule has 160 valence electrons. The predicted molar refractivity (Wildman–Crippen MR) is 127 cm³/mol. The predicted octanol–water partition coefficient (Wildman–Crippen LogP) is 7.30. The molecule has 1 heterocycles. The molecule has 0 saturated carbocycles. The number of hydrogen-bond donors (Lipinski definition) is 2. The molecule has 2 aromatic carbocycles. The van der Waals surface area contributed by atoms with Gasteiger partial charge in [-0.2, -0.15) is 0 Å². The van der Waals surface area contributed by atoms with Crippen LogP contribution in [0, 0.1) is 0 Å². The normalized spacial score (nSPS) is 11.0. The second-order valence-electron chi connectivity index (χ2n) is 6.62. The quantitative estimate of drug-likeness (QED) is 0.351. The first-order valence-corrected chi connectivity index (χ1v) is 10.6. The molecular formula is C23H19Cl3N2O3. The van der Waals surface area contributed by atoms with Crippen LogP contribution in [-0.2, 0) is 9.59 Å². The fraction of sp³-hybridized carbons (Fsp3) is 0.130. The van der Waals surface area contributed by atoms with E-state index in [-0.39, 0.29) is 5.91 Å². The summed E-state index contributed by atoms with van der Waals surface area (Å²) in [5.74, 6) is 0.493. The van der Waals surface area contributed by atoms with E-state index in [2.05, 4.69) is 10.6 Å². The lowest BCUT2D eigenvalue weighted by Gasteiger charge is -2.09. The van der Waals surface area contributed by atoms with Crippen LogP contribution >= 0.6 is 34.8 Å². The van der Waals surface area contributed by atoms with E-state index >= 15 is 0 Å². The number of benzene rings is 2. The summed E-state index contributed by atoms with van der Waals surface area (Å²) in [4.78, 5) is 24.1. The van der Waals surface area contributed by atoms with Crippen molar-refractivity contribution < 1.29 is 14.0 Å². The van der Waals surface area contributed by atoms with Crippen molar-refractivity contribution in [3.63, 3.8) is 0 Å². The van der Waals surface area contributed by atoms with Crippen LogP contribution in [0.15, 0.2) is 59.0 Å². The summed E-state index contributed by atoms with van der Waals surface area (Å²) in [5.41, 5.74) is 1.60. The minimum absolute atomic E-state index is 0.101. The molecule has 2 N–H and O–H groups in total. The maximum Gasteiger partial charge on any atom is 0.248 e. The highest BCUT2D eigenvalue weighted by molar-refractivity contribution is 6.43. The summed E-state index contributed by atoms with van der Waals surface area (Å²) in [6.07, 6.45) is 4.00. The minimum atomic E-state index is -0.405. The molecule has 0 aliphatic heterocycles. The lowest BCUT2D eigenvalue weighted by Crippen LogP contribution is -2.12. The SMILES string of the molecule is CCCC(=O)Nc1ccc(Cl)c(NC(=O)C=Cc2ccc(-c3cccc(Cl)c3Cl)o2)c1. The van der Waals surface area contributed by atoms with E-state index in [4.69, 9.17) is 39.2 Å².